The van der Waals surface area contributed by atoms with Crippen LogP contribution in [0, 0.1) is 0 Å². The second-order valence-corrected chi connectivity index (χ2v) is 9.50. The van der Waals surface area contributed by atoms with Gasteiger partial charge in [0.05, 0.1) is 34.3 Å². The molecule has 3 heterocycles. The summed E-state index contributed by atoms with van der Waals surface area (Å²) in [5.41, 5.74) is -0.0344. The molecule has 0 atom stereocenters. The Morgan fingerprint density at radius 3 is 2.27 bits per heavy atom. The average molecular weight is 326 g/mol. The molecule has 0 bridgehead atoms. The first-order valence-corrected chi connectivity index (χ1v) is 9.53. The Balaban J connectivity index is 1.73. The molecule has 2 saturated heterocycles. The summed E-state index contributed by atoms with van der Waals surface area (Å²) in [6.45, 7) is 8.04. The van der Waals surface area contributed by atoms with E-state index in [1.807, 2.05) is 44.6 Å². The van der Waals surface area contributed by atoms with Gasteiger partial charge >= 0.3 is 7.12 Å². The summed E-state index contributed by atoms with van der Waals surface area (Å²) >= 11 is 0. The van der Waals surface area contributed by atoms with E-state index in [0.717, 1.165) is 5.59 Å². The zero-order chi connectivity index (χ0) is 16.2. The van der Waals surface area contributed by atoms with Crippen LogP contribution in [0.5, 0.6) is 0 Å². The molecule has 0 aromatic carbocycles. The number of aromatic nitrogens is 2. The van der Waals surface area contributed by atoms with Gasteiger partial charge in [-0.3, -0.25) is 4.68 Å². The Morgan fingerprint density at radius 2 is 1.73 bits per heavy atom. The Kier molecular flexibility index (Phi) is 3.69. The van der Waals surface area contributed by atoms with Gasteiger partial charge in [-0.2, -0.15) is 5.10 Å². The fourth-order valence-corrected chi connectivity index (χ4v) is 4.25. The van der Waals surface area contributed by atoms with Crippen molar-refractivity contribution in [3.05, 3.63) is 12.3 Å². The van der Waals surface area contributed by atoms with Gasteiger partial charge in [0, 0.05) is 6.20 Å². The van der Waals surface area contributed by atoms with Gasteiger partial charge in [-0.15, -0.1) is 0 Å². The Hall–Kier alpha value is -0.855. The van der Waals surface area contributed by atoms with E-state index < -0.39 is 17.0 Å². The summed E-state index contributed by atoms with van der Waals surface area (Å²) in [6.07, 6.45) is 3.13. The molecule has 0 radical (unpaired) electrons. The van der Waals surface area contributed by atoms with Crippen molar-refractivity contribution in [3.8, 4) is 0 Å². The van der Waals surface area contributed by atoms with Crippen LogP contribution in [0.25, 0.3) is 0 Å². The number of nitrogens with zero attached hydrogens (tertiary/aromatic N) is 2. The van der Waals surface area contributed by atoms with Crippen molar-refractivity contribution in [1.82, 2.24) is 9.78 Å². The minimum atomic E-state index is -2.85. The third-order valence-corrected chi connectivity index (χ3v) is 6.74. The number of hydrogen-bond donors (Lipinski definition) is 0. The van der Waals surface area contributed by atoms with Crippen LogP contribution in [0.2, 0.25) is 0 Å². The molecule has 122 valence electrons. The van der Waals surface area contributed by atoms with E-state index in [2.05, 4.69) is 5.10 Å². The van der Waals surface area contributed by atoms with Gasteiger partial charge < -0.3 is 9.31 Å². The van der Waals surface area contributed by atoms with Gasteiger partial charge in [0.1, 0.15) is 9.84 Å². The van der Waals surface area contributed by atoms with E-state index in [1.165, 1.54) is 0 Å². The molecule has 0 spiro atoms. The fraction of sp³-hybridized carbons (Fsp3) is 0.786. The van der Waals surface area contributed by atoms with Gasteiger partial charge in [0.25, 0.3) is 0 Å². The van der Waals surface area contributed by atoms with Crippen LogP contribution in [0.4, 0.5) is 0 Å². The lowest BCUT2D eigenvalue weighted by Crippen LogP contribution is -2.41. The van der Waals surface area contributed by atoms with Crippen LogP contribution in [0.3, 0.4) is 0 Å². The number of rotatable bonds is 2. The van der Waals surface area contributed by atoms with Crippen molar-refractivity contribution < 1.29 is 17.7 Å². The molecule has 1 aromatic heterocycles. The quantitative estimate of drug-likeness (QED) is 0.756. The van der Waals surface area contributed by atoms with Crippen LogP contribution in [0.15, 0.2) is 12.3 Å². The fourth-order valence-electron chi connectivity index (χ4n) is 2.79. The van der Waals surface area contributed by atoms with Gasteiger partial charge in [0.15, 0.2) is 0 Å². The maximum atomic E-state index is 11.5. The predicted molar refractivity (Wildman–Crippen MR) is 84.9 cm³/mol. The van der Waals surface area contributed by atoms with E-state index >= 15 is 0 Å². The summed E-state index contributed by atoms with van der Waals surface area (Å²) in [5, 5.41) is 4.57. The van der Waals surface area contributed by atoms with Crippen LogP contribution >= 0.6 is 0 Å². The summed E-state index contributed by atoms with van der Waals surface area (Å²) in [7, 11) is -3.33. The van der Waals surface area contributed by atoms with Crippen LogP contribution in [0.1, 0.15) is 46.6 Å². The molecule has 2 aliphatic heterocycles. The van der Waals surface area contributed by atoms with Crippen molar-refractivity contribution in [1.29, 1.82) is 0 Å². The molecular weight excluding hydrogens is 303 g/mol. The van der Waals surface area contributed by atoms with Gasteiger partial charge in [-0.05, 0) is 46.6 Å². The van der Waals surface area contributed by atoms with Crippen molar-refractivity contribution >= 4 is 22.5 Å². The third-order valence-electron chi connectivity index (χ3n) is 5.02. The highest BCUT2D eigenvalue weighted by atomic mass is 32.2. The molecule has 0 saturated carbocycles. The number of sulfone groups is 1. The van der Waals surface area contributed by atoms with Crippen molar-refractivity contribution in [2.75, 3.05) is 11.5 Å². The smallest absolute Gasteiger partial charge is 0.398 e. The zero-order valence-electron chi connectivity index (χ0n) is 13.6. The lowest BCUT2D eigenvalue weighted by atomic mass is 9.85. The molecule has 2 aliphatic rings. The second-order valence-electron chi connectivity index (χ2n) is 7.19. The first-order chi connectivity index (χ1) is 10.1. The average Bonchev–Trinajstić information content (AvgIpc) is 2.93. The SMILES string of the molecule is CC1(C)OB(c2ccn(C3CCS(=O)(=O)CC3)n2)OC1(C)C. The van der Waals surface area contributed by atoms with Crippen molar-refractivity contribution in [2.24, 2.45) is 0 Å². The maximum absolute atomic E-state index is 11.5. The molecule has 22 heavy (non-hydrogen) atoms. The Labute approximate surface area is 132 Å². The highest BCUT2D eigenvalue weighted by Crippen LogP contribution is 2.36. The lowest BCUT2D eigenvalue weighted by molar-refractivity contribution is 0.00578. The molecule has 2 fully saturated rings. The number of hydrogen-bond acceptors (Lipinski definition) is 5. The van der Waals surface area contributed by atoms with Crippen LogP contribution < -0.4 is 5.59 Å². The van der Waals surface area contributed by atoms with Gasteiger partial charge in [0.2, 0.25) is 0 Å². The van der Waals surface area contributed by atoms with Crippen LogP contribution in [-0.2, 0) is 19.1 Å². The highest BCUT2D eigenvalue weighted by molar-refractivity contribution is 7.91. The monoisotopic (exact) mass is 326 g/mol. The molecular formula is C14H23BN2O4S. The third kappa shape index (κ3) is 2.84. The molecule has 0 amide bonds. The molecule has 8 heteroatoms. The minimum Gasteiger partial charge on any atom is -0.398 e. The molecule has 6 nitrogen and oxygen atoms in total. The first-order valence-electron chi connectivity index (χ1n) is 7.71. The maximum Gasteiger partial charge on any atom is 0.516 e. The zero-order valence-corrected chi connectivity index (χ0v) is 14.4. The summed E-state index contributed by atoms with van der Waals surface area (Å²) < 4.78 is 36.9. The van der Waals surface area contributed by atoms with E-state index in [4.69, 9.17) is 9.31 Å². The van der Waals surface area contributed by atoms with Crippen molar-refractivity contribution in [2.45, 2.75) is 57.8 Å². The molecule has 0 aliphatic carbocycles. The minimum absolute atomic E-state index is 0.139. The van der Waals surface area contributed by atoms with E-state index in [9.17, 15) is 8.42 Å². The van der Waals surface area contributed by atoms with E-state index in [0.29, 0.717) is 12.8 Å². The predicted octanol–water partition coefficient (Wildman–Crippen LogP) is 0.932. The topological polar surface area (TPSA) is 70.4 Å². The van der Waals surface area contributed by atoms with Crippen molar-refractivity contribution in [3.63, 3.8) is 0 Å². The van der Waals surface area contributed by atoms with E-state index in [1.54, 1.807) is 0 Å². The summed E-state index contributed by atoms with van der Waals surface area (Å²) in [6, 6.07) is 2.03. The van der Waals surface area contributed by atoms with Gasteiger partial charge in [-0.25, -0.2) is 8.42 Å². The second kappa shape index (κ2) is 5.07. The standard InChI is InChI=1S/C14H23BN2O4S/c1-13(2)14(3,4)21-15(20-13)12-5-8-17(16-12)11-6-9-22(18,19)10-7-11/h5,8,11H,6-7,9-10H2,1-4H3. The Bertz CT molecular complexity index is 638. The lowest BCUT2D eigenvalue weighted by Gasteiger charge is -2.32. The van der Waals surface area contributed by atoms with Gasteiger partial charge in [-0.1, -0.05) is 0 Å². The van der Waals surface area contributed by atoms with Crippen LogP contribution in [-0.4, -0.2) is 48.0 Å². The molecule has 3 rings (SSSR count). The largest absolute Gasteiger partial charge is 0.516 e. The molecule has 0 N–H and O–H groups in total. The Morgan fingerprint density at radius 1 is 1.18 bits per heavy atom. The highest BCUT2D eigenvalue weighted by Gasteiger charge is 2.52. The summed E-state index contributed by atoms with van der Waals surface area (Å²) in [5.74, 6) is 0.479. The molecule has 1 aromatic rings. The molecule has 0 unspecified atom stereocenters. The first kappa shape index (κ1) is 16.0. The summed E-state index contributed by atoms with van der Waals surface area (Å²) in [4.78, 5) is 0. The van der Waals surface area contributed by atoms with E-state index in [-0.39, 0.29) is 28.7 Å². The normalized spacial score (nSPS) is 27.2.